The molecule has 0 aromatic heterocycles. The molecule has 0 saturated heterocycles. The van der Waals surface area contributed by atoms with E-state index in [-0.39, 0.29) is 16.2 Å². The number of fused-ring (bicyclic) bond motifs is 11. The monoisotopic (exact) mass is 754 g/mol. The molecule has 3 aliphatic carbocycles. The van der Waals surface area contributed by atoms with Gasteiger partial charge in [-0.2, -0.15) is 0 Å². The van der Waals surface area contributed by atoms with Crippen LogP contribution in [0.2, 0.25) is 0 Å². The molecule has 0 spiro atoms. The van der Waals surface area contributed by atoms with Crippen molar-refractivity contribution in [1.82, 2.24) is 0 Å². The van der Waals surface area contributed by atoms with Crippen LogP contribution in [0.25, 0.3) is 88.3 Å². The Hall–Kier alpha value is -6.50. The van der Waals surface area contributed by atoms with Crippen molar-refractivity contribution in [3.05, 3.63) is 203 Å². The molecule has 0 atom stereocenters. The van der Waals surface area contributed by atoms with Gasteiger partial charge in [0.2, 0.25) is 0 Å². The maximum atomic E-state index is 2.51. The maximum absolute atomic E-state index is 2.51. The van der Waals surface area contributed by atoms with E-state index < -0.39 is 0 Å². The number of rotatable bonds is 3. The second-order valence-electron chi connectivity index (χ2n) is 18.8. The highest BCUT2D eigenvalue weighted by Crippen LogP contribution is 2.56. The molecule has 0 radical (unpaired) electrons. The van der Waals surface area contributed by atoms with Crippen LogP contribution in [0.3, 0.4) is 0 Å². The molecule has 282 valence electrons. The van der Waals surface area contributed by atoms with Crippen LogP contribution in [-0.2, 0) is 16.2 Å². The summed E-state index contributed by atoms with van der Waals surface area (Å²) in [7, 11) is 0. The third kappa shape index (κ3) is 4.55. The molecule has 0 heterocycles. The van der Waals surface area contributed by atoms with Gasteiger partial charge in [0.15, 0.2) is 0 Å². The van der Waals surface area contributed by atoms with E-state index in [4.69, 9.17) is 0 Å². The first-order valence-corrected chi connectivity index (χ1v) is 21.3. The van der Waals surface area contributed by atoms with Crippen LogP contribution in [-0.4, -0.2) is 0 Å². The standard InChI is InChI=1S/C59H46/c1-57(2)49-23-12-9-16-38(49)41-29-26-36(33-52(41)57)35-27-31-45-48(32-35)54(37-28-30-42-39-17-10-13-24-50(39)58(3,4)53(42)34-37)43-19-7-8-20-44(43)55(45)47-22-15-21-46-40-18-11-14-25-51(40)59(5,6)56(46)47/h7-34H,1-6H3. The molecule has 9 aromatic carbocycles. The lowest BCUT2D eigenvalue weighted by molar-refractivity contribution is 0.660. The Morgan fingerprint density at radius 3 is 1.29 bits per heavy atom. The minimum Gasteiger partial charge on any atom is -0.0619 e. The highest BCUT2D eigenvalue weighted by molar-refractivity contribution is 6.22. The summed E-state index contributed by atoms with van der Waals surface area (Å²) in [6, 6.07) is 64.9. The summed E-state index contributed by atoms with van der Waals surface area (Å²) in [5.74, 6) is 0. The van der Waals surface area contributed by atoms with Crippen LogP contribution in [0.5, 0.6) is 0 Å². The topological polar surface area (TPSA) is 0 Å². The summed E-state index contributed by atoms with van der Waals surface area (Å²) in [4.78, 5) is 0. The predicted octanol–water partition coefficient (Wildman–Crippen LogP) is 15.9. The Bertz CT molecular complexity index is 3290. The number of hydrogen-bond donors (Lipinski definition) is 0. The molecule has 0 fully saturated rings. The summed E-state index contributed by atoms with van der Waals surface area (Å²) >= 11 is 0. The van der Waals surface area contributed by atoms with Gasteiger partial charge < -0.3 is 0 Å². The van der Waals surface area contributed by atoms with Crippen LogP contribution in [0.4, 0.5) is 0 Å². The Morgan fingerprint density at radius 2 is 0.661 bits per heavy atom. The van der Waals surface area contributed by atoms with Crippen LogP contribution < -0.4 is 0 Å². The third-order valence-corrected chi connectivity index (χ3v) is 14.7. The van der Waals surface area contributed by atoms with Crippen molar-refractivity contribution in [1.29, 1.82) is 0 Å². The van der Waals surface area contributed by atoms with Gasteiger partial charge in [-0.25, -0.2) is 0 Å². The molecular formula is C59H46. The molecule has 9 aromatic rings. The second kappa shape index (κ2) is 11.8. The minimum atomic E-state index is -0.149. The lowest BCUT2D eigenvalue weighted by Crippen LogP contribution is -2.16. The first kappa shape index (κ1) is 34.5. The van der Waals surface area contributed by atoms with Gasteiger partial charge in [0, 0.05) is 16.2 Å². The fourth-order valence-corrected chi connectivity index (χ4v) is 11.8. The first-order chi connectivity index (χ1) is 28.5. The number of hydrogen-bond acceptors (Lipinski definition) is 0. The Labute approximate surface area is 347 Å². The largest absolute Gasteiger partial charge is 0.0619 e. The van der Waals surface area contributed by atoms with Crippen LogP contribution in [0.15, 0.2) is 170 Å². The van der Waals surface area contributed by atoms with Gasteiger partial charge >= 0.3 is 0 Å². The van der Waals surface area contributed by atoms with Gasteiger partial charge in [-0.1, -0.05) is 193 Å². The Kier molecular flexibility index (Phi) is 6.91. The summed E-state index contributed by atoms with van der Waals surface area (Å²) in [6.07, 6.45) is 0. The average Bonchev–Trinajstić information content (AvgIpc) is 3.75. The molecule has 0 unspecified atom stereocenters. The normalized spacial score (nSPS) is 15.7. The molecule has 0 saturated carbocycles. The lowest BCUT2D eigenvalue weighted by atomic mass is 9.76. The van der Waals surface area contributed by atoms with Crippen LogP contribution in [0, 0.1) is 0 Å². The zero-order valence-corrected chi connectivity index (χ0v) is 34.7. The second-order valence-corrected chi connectivity index (χ2v) is 18.8. The first-order valence-electron chi connectivity index (χ1n) is 21.3. The lowest BCUT2D eigenvalue weighted by Gasteiger charge is -2.27. The van der Waals surface area contributed by atoms with E-state index in [1.54, 1.807) is 0 Å². The Morgan fingerprint density at radius 1 is 0.254 bits per heavy atom. The fraction of sp³-hybridized carbons (Fsp3) is 0.153. The summed E-state index contributed by atoms with van der Waals surface area (Å²) in [5.41, 5.74) is 24.0. The van der Waals surface area contributed by atoms with E-state index in [9.17, 15) is 0 Å². The van der Waals surface area contributed by atoms with Gasteiger partial charge in [0.25, 0.3) is 0 Å². The van der Waals surface area contributed by atoms with Gasteiger partial charge in [0.1, 0.15) is 0 Å². The van der Waals surface area contributed by atoms with Gasteiger partial charge in [-0.15, -0.1) is 0 Å². The van der Waals surface area contributed by atoms with E-state index in [0.717, 1.165) is 0 Å². The van der Waals surface area contributed by atoms with Crippen molar-refractivity contribution in [3.63, 3.8) is 0 Å². The molecule has 59 heavy (non-hydrogen) atoms. The predicted molar refractivity (Wildman–Crippen MR) is 250 cm³/mol. The molecule has 0 bridgehead atoms. The van der Waals surface area contributed by atoms with E-state index in [1.165, 1.54) is 122 Å². The average molecular weight is 755 g/mol. The fourth-order valence-electron chi connectivity index (χ4n) is 11.8. The molecule has 0 heteroatoms. The zero-order chi connectivity index (χ0) is 40.0. The quantitative estimate of drug-likeness (QED) is 0.158. The van der Waals surface area contributed by atoms with Crippen molar-refractivity contribution in [2.75, 3.05) is 0 Å². The highest BCUT2D eigenvalue weighted by Gasteiger charge is 2.39. The van der Waals surface area contributed by atoms with Crippen molar-refractivity contribution in [2.24, 2.45) is 0 Å². The van der Waals surface area contributed by atoms with Gasteiger partial charge in [-0.05, 0) is 140 Å². The highest BCUT2D eigenvalue weighted by atomic mass is 14.4. The molecular weight excluding hydrogens is 709 g/mol. The smallest absolute Gasteiger partial charge is 0.0165 e. The van der Waals surface area contributed by atoms with E-state index in [1.807, 2.05) is 0 Å². The van der Waals surface area contributed by atoms with E-state index in [0.29, 0.717) is 0 Å². The number of benzene rings is 9. The molecule has 0 amide bonds. The van der Waals surface area contributed by atoms with Gasteiger partial charge in [-0.3, -0.25) is 0 Å². The van der Waals surface area contributed by atoms with Crippen molar-refractivity contribution >= 4 is 21.5 Å². The maximum Gasteiger partial charge on any atom is 0.0165 e. The zero-order valence-electron chi connectivity index (χ0n) is 34.7. The summed E-state index contributed by atoms with van der Waals surface area (Å²) < 4.78 is 0. The van der Waals surface area contributed by atoms with E-state index >= 15 is 0 Å². The van der Waals surface area contributed by atoms with E-state index in [2.05, 4.69) is 211 Å². The third-order valence-electron chi connectivity index (χ3n) is 14.7. The molecule has 0 aliphatic heterocycles. The van der Waals surface area contributed by atoms with Crippen LogP contribution >= 0.6 is 0 Å². The molecule has 0 N–H and O–H groups in total. The van der Waals surface area contributed by atoms with Crippen LogP contribution in [0.1, 0.15) is 74.9 Å². The summed E-state index contributed by atoms with van der Waals surface area (Å²) in [5, 5.41) is 5.16. The van der Waals surface area contributed by atoms with Crippen molar-refractivity contribution < 1.29 is 0 Å². The van der Waals surface area contributed by atoms with Crippen molar-refractivity contribution in [2.45, 2.75) is 57.8 Å². The molecule has 3 aliphatic rings. The molecule has 12 rings (SSSR count). The van der Waals surface area contributed by atoms with Gasteiger partial charge in [0.05, 0.1) is 0 Å². The minimum absolute atomic E-state index is 0.0693. The van der Waals surface area contributed by atoms with Crippen molar-refractivity contribution in [3.8, 4) is 66.8 Å². The SMILES string of the molecule is CC1(C)c2ccccc2-c2ccc(-c3ccc4c(-c5cccc6c5C(C)(C)c5ccccc5-6)c5ccccc5c(-c5ccc6c(c5)C(C)(C)c5ccccc5-6)c4c3)cc21. The summed E-state index contributed by atoms with van der Waals surface area (Å²) in [6.45, 7) is 14.4. The Balaban J connectivity index is 1.16. The molecule has 0 nitrogen and oxygen atoms in total.